The number of halogens is 1. The molecule has 2 heteroatoms. The van der Waals surface area contributed by atoms with Gasteiger partial charge >= 0.3 is 0 Å². The Balaban J connectivity index is 1.87. The predicted octanol–water partition coefficient (Wildman–Crippen LogP) is 4.11. The highest BCUT2D eigenvalue weighted by Crippen LogP contribution is 2.43. The van der Waals surface area contributed by atoms with Crippen molar-refractivity contribution in [3.63, 3.8) is 0 Å². The van der Waals surface area contributed by atoms with E-state index in [1.54, 1.807) is 0 Å². The van der Waals surface area contributed by atoms with Crippen LogP contribution >= 0.6 is 15.9 Å². The van der Waals surface area contributed by atoms with E-state index in [1.165, 1.54) is 30.4 Å². The van der Waals surface area contributed by atoms with E-state index in [9.17, 15) is 0 Å². The van der Waals surface area contributed by atoms with Crippen molar-refractivity contribution in [2.24, 2.45) is 5.92 Å². The number of ether oxygens (including phenoxy) is 1. The predicted molar refractivity (Wildman–Crippen MR) is 71.0 cm³/mol. The summed E-state index contributed by atoms with van der Waals surface area (Å²) < 4.78 is 5.39. The fraction of sp³-hybridized carbons (Fsp3) is 0.571. The summed E-state index contributed by atoms with van der Waals surface area (Å²) in [4.78, 5) is 0.547. The van der Waals surface area contributed by atoms with Gasteiger partial charge in [-0.1, -0.05) is 40.2 Å². The molecule has 0 heterocycles. The highest BCUT2D eigenvalue weighted by molar-refractivity contribution is 9.09. The second-order valence-electron chi connectivity index (χ2n) is 4.40. The molecule has 1 aromatic carbocycles. The minimum Gasteiger partial charge on any atom is -0.382 e. The Morgan fingerprint density at radius 1 is 1.38 bits per heavy atom. The third-order valence-electron chi connectivity index (χ3n) is 3.32. The molecule has 0 amide bonds. The molecule has 0 aliphatic heterocycles. The van der Waals surface area contributed by atoms with Crippen LogP contribution in [-0.2, 0) is 11.2 Å². The number of fused-ring (bicyclic) bond motifs is 1. The van der Waals surface area contributed by atoms with Gasteiger partial charge in [0.25, 0.3) is 0 Å². The second-order valence-corrected chi connectivity index (χ2v) is 5.39. The molecule has 1 aliphatic carbocycles. The first-order valence-electron chi connectivity index (χ1n) is 6.12. The van der Waals surface area contributed by atoms with E-state index in [1.807, 2.05) is 0 Å². The number of hydrogen-bond acceptors (Lipinski definition) is 1. The van der Waals surface area contributed by atoms with Gasteiger partial charge in [0.1, 0.15) is 0 Å². The SMILES string of the molecule is CCOCCCC1Cc2ccccc2C1Br. The maximum Gasteiger partial charge on any atom is 0.0466 e. The Hall–Kier alpha value is -0.340. The van der Waals surface area contributed by atoms with Crippen molar-refractivity contribution in [1.29, 1.82) is 0 Å². The molecule has 0 fully saturated rings. The molecule has 2 rings (SSSR count). The molecule has 2 atom stereocenters. The number of alkyl halides is 1. The van der Waals surface area contributed by atoms with Gasteiger partial charge in [-0.15, -0.1) is 0 Å². The molecule has 0 bridgehead atoms. The van der Waals surface area contributed by atoms with Gasteiger partial charge in [0, 0.05) is 18.0 Å². The zero-order valence-electron chi connectivity index (χ0n) is 9.79. The summed E-state index contributed by atoms with van der Waals surface area (Å²) in [5, 5.41) is 0. The first-order valence-corrected chi connectivity index (χ1v) is 7.04. The van der Waals surface area contributed by atoms with Crippen molar-refractivity contribution >= 4 is 15.9 Å². The van der Waals surface area contributed by atoms with Crippen molar-refractivity contribution in [2.45, 2.75) is 31.0 Å². The number of rotatable bonds is 5. The Morgan fingerprint density at radius 3 is 2.94 bits per heavy atom. The molecule has 88 valence electrons. The molecule has 0 radical (unpaired) electrons. The maximum absolute atomic E-state index is 5.39. The van der Waals surface area contributed by atoms with Crippen molar-refractivity contribution in [3.8, 4) is 0 Å². The average molecular weight is 283 g/mol. The van der Waals surface area contributed by atoms with E-state index in [-0.39, 0.29) is 0 Å². The fourth-order valence-corrected chi connectivity index (χ4v) is 3.37. The molecular weight excluding hydrogens is 264 g/mol. The van der Waals surface area contributed by atoms with Crippen molar-refractivity contribution < 1.29 is 4.74 Å². The first kappa shape index (κ1) is 12.1. The number of hydrogen-bond donors (Lipinski definition) is 0. The van der Waals surface area contributed by atoms with Gasteiger partial charge in [0.05, 0.1) is 0 Å². The van der Waals surface area contributed by atoms with Crippen LogP contribution in [0.4, 0.5) is 0 Å². The van der Waals surface area contributed by atoms with Crippen LogP contribution in [0, 0.1) is 5.92 Å². The summed E-state index contributed by atoms with van der Waals surface area (Å²) in [6.45, 7) is 3.80. The molecule has 1 aliphatic rings. The van der Waals surface area contributed by atoms with Crippen molar-refractivity contribution in [3.05, 3.63) is 35.4 Å². The van der Waals surface area contributed by atoms with Crippen molar-refractivity contribution in [2.75, 3.05) is 13.2 Å². The molecule has 0 saturated carbocycles. The van der Waals surface area contributed by atoms with Gasteiger partial charge in [0.15, 0.2) is 0 Å². The van der Waals surface area contributed by atoms with E-state index in [2.05, 4.69) is 47.1 Å². The minimum atomic E-state index is 0.547. The van der Waals surface area contributed by atoms with E-state index in [0.29, 0.717) is 4.83 Å². The quantitative estimate of drug-likeness (QED) is 0.583. The summed E-state index contributed by atoms with van der Waals surface area (Å²) in [5.41, 5.74) is 3.01. The van der Waals surface area contributed by atoms with Gasteiger partial charge in [0.2, 0.25) is 0 Å². The second kappa shape index (κ2) is 5.83. The van der Waals surface area contributed by atoms with Gasteiger partial charge in [-0.05, 0) is 43.2 Å². The van der Waals surface area contributed by atoms with E-state index < -0.39 is 0 Å². The smallest absolute Gasteiger partial charge is 0.0466 e. The molecule has 0 N–H and O–H groups in total. The molecule has 0 saturated heterocycles. The molecule has 16 heavy (non-hydrogen) atoms. The van der Waals surface area contributed by atoms with E-state index in [4.69, 9.17) is 4.74 Å². The zero-order valence-corrected chi connectivity index (χ0v) is 11.4. The topological polar surface area (TPSA) is 9.23 Å². The zero-order chi connectivity index (χ0) is 11.4. The van der Waals surface area contributed by atoms with Crippen LogP contribution in [0.3, 0.4) is 0 Å². The summed E-state index contributed by atoms with van der Waals surface area (Å²) in [7, 11) is 0. The molecule has 1 nitrogen and oxygen atoms in total. The van der Waals surface area contributed by atoms with E-state index in [0.717, 1.165) is 19.1 Å². The lowest BCUT2D eigenvalue weighted by Gasteiger charge is -2.14. The molecular formula is C14H19BrO. The van der Waals surface area contributed by atoms with Crippen LogP contribution in [0.5, 0.6) is 0 Å². The average Bonchev–Trinajstić information content (AvgIpc) is 2.63. The highest BCUT2D eigenvalue weighted by atomic mass is 79.9. The van der Waals surface area contributed by atoms with Crippen molar-refractivity contribution in [1.82, 2.24) is 0 Å². The molecule has 1 aromatic rings. The standard InChI is InChI=1S/C14H19BrO/c1-2-16-9-5-7-12-10-11-6-3-4-8-13(11)14(12)15/h3-4,6,8,12,14H,2,5,7,9-10H2,1H3. The lowest BCUT2D eigenvalue weighted by Crippen LogP contribution is -2.04. The lowest BCUT2D eigenvalue weighted by atomic mass is 10.0. The third-order valence-corrected chi connectivity index (χ3v) is 4.56. The number of benzene rings is 1. The summed E-state index contributed by atoms with van der Waals surface area (Å²) in [6, 6.07) is 8.78. The highest BCUT2D eigenvalue weighted by Gasteiger charge is 2.29. The molecule has 2 unspecified atom stereocenters. The Morgan fingerprint density at radius 2 is 2.19 bits per heavy atom. The Bertz CT molecular complexity index is 337. The Kier molecular flexibility index (Phi) is 4.42. The summed E-state index contributed by atoms with van der Waals surface area (Å²) in [5.74, 6) is 0.748. The van der Waals surface area contributed by atoms with Gasteiger partial charge in [-0.25, -0.2) is 0 Å². The van der Waals surface area contributed by atoms with Gasteiger partial charge in [-0.3, -0.25) is 0 Å². The van der Waals surface area contributed by atoms with Gasteiger partial charge in [-0.2, -0.15) is 0 Å². The molecule has 0 spiro atoms. The maximum atomic E-state index is 5.39. The van der Waals surface area contributed by atoms with E-state index >= 15 is 0 Å². The van der Waals surface area contributed by atoms with Crippen LogP contribution < -0.4 is 0 Å². The third kappa shape index (κ3) is 2.67. The Labute approximate surface area is 106 Å². The first-order chi connectivity index (χ1) is 7.83. The van der Waals surface area contributed by atoms with Crippen LogP contribution in [0.15, 0.2) is 24.3 Å². The van der Waals surface area contributed by atoms with Gasteiger partial charge < -0.3 is 4.74 Å². The monoisotopic (exact) mass is 282 g/mol. The van der Waals surface area contributed by atoms with Crippen LogP contribution in [-0.4, -0.2) is 13.2 Å². The lowest BCUT2D eigenvalue weighted by molar-refractivity contribution is 0.139. The normalized spacial score (nSPS) is 23.4. The van der Waals surface area contributed by atoms with Crippen LogP contribution in [0.2, 0.25) is 0 Å². The van der Waals surface area contributed by atoms with Crippen LogP contribution in [0.1, 0.15) is 35.7 Å². The summed E-state index contributed by atoms with van der Waals surface area (Å²) >= 11 is 3.83. The summed E-state index contributed by atoms with van der Waals surface area (Å²) in [6.07, 6.45) is 3.65. The largest absolute Gasteiger partial charge is 0.382 e. The minimum absolute atomic E-state index is 0.547. The fourth-order valence-electron chi connectivity index (χ4n) is 2.47. The van der Waals surface area contributed by atoms with Crippen LogP contribution in [0.25, 0.3) is 0 Å². The molecule has 0 aromatic heterocycles.